The molecule has 1 aliphatic rings. The van der Waals surface area contributed by atoms with Gasteiger partial charge in [0.05, 0.1) is 11.7 Å². The van der Waals surface area contributed by atoms with Crippen molar-refractivity contribution >= 4 is 29.1 Å². The van der Waals surface area contributed by atoms with E-state index in [-0.39, 0.29) is 16.2 Å². The molecule has 0 saturated carbocycles. The Kier molecular flexibility index (Phi) is 3.33. The lowest BCUT2D eigenvalue weighted by Gasteiger charge is -2.15. The van der Waals surface area contributed by atoms with Gasteiger partial charge in [0.25, 0.3) is 5.91 Å². The minimum absolute atomic E-state index is 0.0962. The van der Waals surface area contributed by atoms with Crippen molar-refractivity contribution in [2.45, 2.75) is 12.5 Å². The summed E-state index contributed by atoms with van der Waals surface area (Å²) in [5, 5.41) is 9.69. The third-order valence-electron chi connectivity index (χ3n) is 2.50. The van der Waals surface area contributed by atoms with Crippen LogP contribution in [0.25, 0.3) is 0 Å². The van der Waals surface area contributed by atoms with Gasteiger partial charge in [-0.15, -0.1) is 0 Å². The van der Waals surface area contributed by atoms with Gasteiger partial charge >= 0.3 is 0 Å². The number of likely N-dealkylation sites (tertiary alicyclic amines) is 1. The number of aliphatic hydroxyl groups is 1. The number of rotatable bonds is 1. The van der Waals surface area contributed by atoms with Crippen LogP contribution in [-0.2, 0) is 0 Å². The number of carbonyl (C=O) groups excluding carboxylic acids is 1. The number of pyridine rings is 1. The molecule has 1 atom stereocenters. The lowest BCUT2D eigenvalue weighted by atomic mass is 10.2. The van der Waals surface area contributed by atoms with E-state index in [4.69, 9.17) is 23.2 Å². The highest BCUT2D eigenvalue weighted by Gasteiger charge is 2.26. The molecule has 6 heteroatoms. The van der Waals surface area contributed by atoms with Crippen LogP contribution in [0.2, 0.25) is 10.3 Å². The van der Waals surface area contributed by atoms with E-state index >= 15 is 0 Å². The minimum atomic E-state index is -0.442. The molecule has 1 aromatic rings. The van der Waals surface area contributed by atoms with Crippen LogP contribution in [0.1, 0.15) is 16.8 Å². The molecular weight excluding hydrogens is 251 g/mol. The second kappa shape index (κ2) is 4.57. The Hall–Kier alpha value is -0.840. The smallest absolute Gasteiger partial charge is 0.257 e. The van der Waals surface area contributed by atoms with E-state index in [1.807, 2.05) is 0 Å². The lowest BCUT2D eigenvalue weighted by Crippen LogP contribution is -2.29. The van der Waals surface area contributed by atoms with Crippen molar-refractivity contribution < 1.29 is 9.90 Å². The van der Waals surface area contributed by atoms with Crippen LogP contribution in [0.4, 0.5) is 0 Å². The fraction of sp³-hybridized carbons (Fsp3) is 0.400. The van der Waals surface area contributed by atoms with Crippen LogP contribution in [0, 0.1) is 0 Å². The number of carbonyl (C=O) groups is 1. The van der Waals surface area contributed by atoms with Gasteiger partial charge in [-0.3, -0.25) is 4.79 Å². The van der Waals surface area contributed by atoms with Crippen LogP contribution in [0.3, 0.4) is 0 Å². The van der Waals surface area contributed by atoms with E-state index in [0.717, 1.165) is 0 Å². The first-order valence-corrected chi connectivity index (χ1v) is 5.63. The Labute approximate surface area is 103 Å². The fourth-order valence-electron chi connectivity index (χ4n) is 1.67. The van der Waals surface area contributed by atoms with Gasteiger partial charge in [0, 0.05) is 13.1 Å². The van der Waals surface area contributed by atoms with Crippen molar-refractivity contribution in [3.8, 4) is 0 Å². The summed E-state index contributed by atoms with van der Waals surface area (Å²) < 4.78 is 0. The lowest BCUT2D eigenvalue weighted by molar-refractivity contribution is 0.0765. The van der Waals surface area contributed by atoms with Gasteiger partial charge in [0.1, 0.15) is 10.3 Å². The highest BCUT2D eigenvalue weighted by molar-refractivity contribution is 6.34. The molecule has 0 bridgehead atoms. The molecule has 2 rings (SSSR count). The van der Waals surface area contributed by atoms with Crippen molar-refractivity contribution in [3.05, 3.63) is 28.0 Å². The Morgan fingerprint density at radius 1 is 1.50 bits per heavy atom. The summed E-state index contributed by atoms with van der Waals surface area (Å²) in [6.07, 6.45) is 0.160. The van der Waals surface area contributed by atoms with E-state index in [0.29, 0.717) is 25.1 Å². The van der Waals surface area contributed by atoms with Gasteiger partial charge in [-0.05, 0) is 18.6 Å². The number of amides is 1. The Morgan fingerprint density at radius 3 is 2.81 bits per heavy atom. The van der Waals surface area contributed by atoms with E-state index in [1.54, 1.807) is 11.0 Å². The molecule has 1 aliphatic heterocycles. The van der Waals surface area contributed by atoms with Crippen molar-refractivity contribution in [1.82, 2.24) is 9.88 Å². The zero-order valence-electron chi connectivity index (χ0n) is 8.36. The summed E-state index contributed by atoms with van der Waals surface area (Å²) in [7, 11) is 0. The summed E-state index contributed by atoms with van der Waals surface area (Å²) in [4.78, 5) is 17.3. The molecular formula is C10H10Cl2N2O2. The van der Waals surface area contributed by atoms with Crippen molar-refractivity contribution in [3.63, 3.8) is 0 Å². The predicted molar refractivity (Wildman–Crippen MR) is 60.8 cm³/mol. The molecule has 1 aromatic heterocycles. The highest BCUT2D eigenvalue weighted by Crippen LogP contribution is 2.20. The quantitative estimate of drug-likeness (QED) is 0.781. The number of hydrogen-bond acceptors (Lipinski definition) is 3. The first-order chi connectivity index (χ1) is 7.58. The van der Waals surface area contributed by atoms with Gasteiger partial charge in [0.15, 0.2) is 0 Å². The third kappa shape index (κ3) is 2.29. The summed E-state index contributed by atoms with van der Waals surface area (Å²) in [6, 6.07) is 3.07. The number of β-amino-alcohol motifs (C(OH)–C–C–N with tert-alkyl or cyclic N) is 1. The van der Waals surface area contributed by atoms with Crippen LogP contribution in [0.5, 0.6) is 0 Å². The molecule has 16 heavy (non-hydrogen) atoms. The highest BCUT2D eigenvalue weighted by atomic mass is 35.5. The maximum Gasteiger partial charge on any atom is 0.257 e. The molecule has 0 unspecified atom stereocenters. The standard InChI is InChI=1S/C10H10Cl2N2O2/c11-8-2-1-7(9(12)13-8)10(16)14-4-3-6(15)5-14/h1-2,6,15H,3-5H2/t6-/m1/s1. The molecule has 0 spiro atoms. The maximum absolute atomic E-state index is 12.0. The van der Waals surface area contributed by atoms with Gasteiger partial charge in [-0.25, -0.2) is 4.98 Å². The normalized spacial score (nSPS) is 20.2. The van der Waals surface area contributed by atoms with Crippen molar-refractivity contribution in [2.75, 3.05) is 13.1 Å². The Morgan fingerprint density at radius 2 is 2.25 bits per heavy atom. The second-order valence-corrected chi connectivity index (χ2v) is 4.41. The summed E-state index contributed by atoms with van der Waals surface area (Å²) in [5.41, 5.74) is 0.320. The summed E-state index contributed by atoms with van der Waals surface area (Å²) >= 11 is 11.5. The maximum atomic E-state index is 12.0. The molecule has 1 saturated heterocycles. The van der Waals surface area contributed by atoms with E-state index in [2.05, 4.69) is 4.98 Å². The van der Waals surface area contributed by atoms with Crippen molar-refractivity contribution in [2.24, 2.45) is 0 Å². The SMILES string of the molecule is O=C(c1ccc(Cl)nc1Cl)N1CC[C@@H](O)C1. The van der Waals surface area contributed by atoms with Gasteiger partial charge in [-0.1, -0.05) is 23.2 Å². The molecule has 1 N–H and O–H groups in total. The monoisotopic (exact) mass is 260 g/mol. The third-order valence-corrected chi connectivity index (χ3v) is 2.99. The van der Waals surface area contributed by atoms with E-state index < -0.39 is 6.10 Å². The largest absolute Gasteiger partial charge is 0.391 e. The zero-order valence-corrected chi connectivity index (χ0v) is 9.87. The minimum Gasteiger partial charge on any atom is -0.391 e. The zero-order chi connectivity index (χ0) is 11.7. The van der Waals surface area contributed by atoms with Crippen molar-refractivity contribution in [1.29, 1.82) is 0 Å². The van der Waals surface area contributed by atoms with Crippen LogP contribution in [-0.4, -0.2) is 40.1 Å². The van der Waals surface area contributed by atoms with Gasteiger partial charge in [-0.2, -0.15) is 0 Å². The first kappa shape index (κ1) is 11.6. The predicted octanol–water partition coefficient (Wildman–Crippen LogP) is 1.60. The number of hydrogen-bond donors (Lipinski definition) is 1. The summed E-state index contributed by atoms with van der Waals surface area (Å²) in [6.45, 7) is 0.886. The molecule has 86 valence electrons. The Balaban J connectivity index is 2.21. The van der Waals surface area contributed by atoms with Crippen LogP contribution < -0.4 is 0 Å². The van der Waals surface area contributed by atoms with E-state index in [1.165, 1.54) is 6.07 Å². The molecule has 0 aliphatic carbocycles. The number of nitrogens with zero attached hydrogens (tertiary/aromatic N) is 2. The summed E-state index contributed by atoms with van der Waals surface area (Å²) in [5.74, 6) is -0.217. The molecule has 2 heterocycles. The molecule has 0 aromatic carbocycles. The number of aromatic nitrogens is 1. The first-order valence-electron chi connectivity index (χ1n) is 4.87. The molecule has 1 amide bonds. The topological polar surface area (TPSA) is 53.4 Å². The average Bonchev–Trinajstić information content (AvgIpc) is 2.64. The van der Waals surface area contributed by atoms with Gasteiger partial charge < -0.3 is 10.0 Å². The van der Waals surface area contributed by atoms with Gasteiger partial charge in [0.2, 0.25) is 0 Å². The van der Waals surface area contributed by atoms with E-state index in [9.17, 15) is 9.90 Å². The average molecular weight is 261 g/mol. The molecule has 0 radical (unpaired) electrons. The molecule has 4 nitrogen and oxygen atoms in total. The number of halogens is 2. The number of aliphatic hydroxyl groups excluding tert-OH is 1. The fourth-order valence-corrected chi connectivity index (χ4v) is 2.09. The second-order valence-electron chi connectivity index (χ2n) is 3.67. The molecule has 1 fully saturated rings. The Bertz CT molecular complexity index is 425. The van der Waals surface area contributed by atoms with Crippen LogP contribution in [0.15, 0.2) is 12.1 Å². The van der Waals surface area contributed by atoms with Crippen LogP contribution >= 0.6 is 23.2 Å².